The van der Waals surface area contributed by atoms with Crippen LogP contribution in [0.25, 0.3) is 6.08 Å². The number of carbonyl (C=O) groups excluding carboxylic acids is 1. The number of aliphatic carboxylic acids is 1. The van der Waals surface area contributed by atoms with Gasteiger partial charge in [-0.15, -0.1) is 0 Å². The molecule has 0 radical (unpaired) electrons. The first-order chi connectivity index (χ1) is 15.3. The Morgan fingerprint density at radius 2 is 1.91 bits per heavy atom. The van der Waals surface area contributed by atoms with Crippen LogP contribution in [0.4, 0.5) is 0 Å². The molecule has 2 aromatic rings. The number of hydrogen-bond donors (Lipinski definition) is 1. The summed E-state index contributed by atoms with van der Waals surface area (Å²) in [6.45, 7) is 4.37. The van der Waals surface area contributed by atoms with Crippen LogP contribution in [0, 0.1) is 0 Å². The summed E-state index contributed by atoms with van der Waals surface area (Å²) in [5, 5.41) is 10.1. The van der Waals surface area contributed by atoms with E-state index < -0.39 is 17.9 Å². The highest BCUT2D eigenvalue weighted by atomic mass is 35.5. The first kappa shape index (κ1) is 24.1. The van der Waals surface area contributed by atoms with E-state index in [2.05, 4.69) is 0 Å². The van der Waals surface area contributed by atoms with E-state index in [1.54, 1.807) is 43.3 Å². The number of amides is 1. The standard InChI is InChI=1S/C23H22ClNO5S2/c1-3-17(22(27)28)25-21(26)20(32-23(25)31)12-15-7-10-18(19(11-15)29-4-2)30-13-14-5-8-16(24)9-6-14/h5-12,17H,3-4,13H2,1-2H3,(H,27,28)/b20-12+/t17-/m1/s1. The summed E-state index contributed by atoms with van der Waals surface area (Å²) in [5.41, 5.74) is 1.68. The Hall–Kier alpha value is -2.55. The summed E-state index contributed by atoms with van der Waals surface area (Å²) in [7, 11) is 0. The van der Waals surface area contributed by atoms with Crippen LogP contribution in [-0.2, 0) is 16.2 Å². The van der Waals surface area contributed by atoms with Crippen LogP contribution >= 0.6 is 35.6 Å². The molecule has 0 spiro atoms. The van der Waals surface area contributed by atoms with E-state index in [9.17, 15) is 14.7 Å². The Bertz CT molecular complexity index is 1050. The number of halogens is 1. The molecule has 1 atom stereocenters. The van der Waals surface area contributed by atoms with Crippen molar-refractivity contribution < 1.29 is 24.2 Å². The molecule has 1 amide bonds. The van der Waals surface area contributed by atoms with Crippen molar-refractivity contribution in [3.63, 3.8) is 0 Å². The number of hydrogen-bond acceptors (Lipinski definition) is 6. The lowest BCUT2D eigenvalue weighted by Crippen LogP contribution is -2.43. The number of thiocarbonyl (C=S) groups is 1. The number of carboxylic acids is 1. The van der Waals surface area contributed by atoms with Crippen molar-refractivity contribution in [2.24, 2.45) is 0 Å². The van der Waals surface area contributed by atoms with Crippen molar-refractivity contribution in [1.82, 2.24) is 4.90 Å². The molecular formula is C23H22ClNO5S2. The molecule has 32 heavy (non-hydrogen) atoms. The lowest BCUT2D eigenvalue weighted by atomic mass is 10.1. The van der Waals surface area contributed by atoms with Crippen LogP contribution in [-0.4, -0.2) is 38.9 Å². The van der Waals surface area contributed by atoms with Gasteiger partial charge in [0.05, 0.1) is 11.5 Å². The summed E-state index contributed by atoms with van der Waals surface area (Å²) < 4.78 is 11.9. The van der Waals surface area contributed by atoms with Gasteiger partial charge in [-0.1, -0.05) is 60.7 Å². The van der Waals surface area contributed by atoms with E-state index >= 15 is 0 Å². The molecule has 6 nitrogen and oxygen atoms in total. The molecule has 1 aliphatic rings. The van der Waals surface area contributed by atoms with Gasteiger partial charge in [0.1, 0.15) is 17.0 Å². The summed E-state index contributed by atoms with van der Waals surface area (Å²) in [5.74, 6) is -0.368. The van der Waals surface area contributed by atoms with Gasteiger partial charge >= 0.3 is 5.97 Å². The van der Waals surface area contributed by atoms with Gasteiger partial charge in [0.2, 0.25) is 0 Å². The molecule has 3 rings (SSSR count). The van der Waals surface area contributed by atoms with Gasteiger partial charge < -0.3 is 14.6 Å². The van der Waals surface area contributed by atoms with Gasteiger partial charge in [0.25, 0.3) is 5.91 Å². The predicted octanol–water partition coefficient (Wildman–Crippen LogP) is 5.38. The smallest absolute Gasteiger partial charge is 0.326 e. The average molecular weight is 492 g/mol. The minimum absolute atomic E-state index is 0.239. The molecule has 1 saturated heterocycles. The topological polar surface area (TPSA) is 76.1 Å². The molecule has 1 aliphatic heterocycles. The lowest BCUT2D eigenvalue weighted by Gasteiger charge is -2.21. The molecular weight excluding hydrogens is 470 g/mol. The largest absolute Gasteiger partial charge is 0.490 e. The van der Waals surface area contributed by atoms with Gasteiger partial charge in [-0.2, -0.15) is 0 Å². The second-order valence-electron chi connectivity index (χ2n) is 6.87. The van der Waals surface area contributed by atoms with Crippen molar-refractivity contribution in [2.75, 3.05) is 6.61 Å². The number of ether oxygens (including phenoxy) is 2. The zero-order valence-corrected chi connectivity index (χ0v) is 19.9. The van der Waals surface area contributed by atoms with E-state index in [1.807, 2.05) is 19.1 Å². The Morgan fingerprint density at radius 3 is 2.53 bits per heavy atom. The van der Waals surface area contributed by atoms with Gasteiger partial charge in [-0.05, 0) is 54.8 Å². The number of nitrogens with zero attached hydrogens (tertiary/aromatic N) is 1. The van der Waals surface area contributed by atoms with Crippen molar-refractivity contribution in [2.45, 2.75) is 32.9 Å². The number of carbonyl (C=O) groups is 2. The highest BCUT2D eigenvalue weighted by Crippen LogP contribution is 2.36. The van der Waals surface area contributed by atoms with Gasteiger partial charge in [0, 0.05) is 5.02 Å². The van der Waals surface area contributed by atoms with E-state index in [4.69, 9.17) is 33.3 Å². The molecule has 1 fully saturated rings. The number of thioether (sulfide) groups is 1. The monoisotopic (exact) mass is 491 g/mol. The van der Waals surface area contributed by atoms with Crippen LogP contribution in [0.3, 0.4) is 0 Å². The molecule has 0 unspecified atom stereocenters. The second kappa shape index (κ2) is 10.8. The van der Waals surface area contributed by atoms with E-state index in [0.717, 1.165) is 22.9 Å². The fraction of sp³-hybridized carbons (Fsp3) is 0.261. The molecule has 1 heterocycles. The SMILES string of the molecule is CCOc1cc(/C=C2/SC(=S)N([C@H](CC)C(=O)O)C2=O)ccc1OCc1ccc(Cl)cc1. The van der Waals surface area contributed by atoms with Crippen molar-refractivity contribution in [3.05, 3.63) is 63.5 Å². The number of carboxylic acid groups (broad SMARTS) is 1. The third-order valence-corrected chi connectivity index (χ3v) is 6.26. The maximum absolute atomic E-state index is 12.8. The van der Waals surface area contributed by atoms with Crippen LogP contribution in [0.5, 0.6) is 11.5 Å². The maximum atomic E-state index is 12.8. The number of rotatable bonds is 9. The predicted molar refractivity (Wildman–Crippen MR) is 130 cm³/mol. The molecule has 168 valence electrons. The van der Waals surface area contributed by atoms with Gasteiger partial charge in [-0.3, -0.25) is 9.69 Å². The highest BCUT2D eigenvalue weighted by Gasteiger charge is 2.39. The summed E-state index contributed by atoms with van der Waals surface area (Å²) >= 11 is 12.3. The minimum Gasteiger partial charge on any atom is -0.490 e. The Balaban J connectivity index is 1.81. The zero-order chi connectivity index (χ0) is 23.3. The molecule has 0 aliphatic carbocycles. The summed E-state index contributed by atoms with van der Waals surface area (Å²) in [6, 6.07) is 11.8. The summed E-state index contributed by atoms with van der Waals surface area (Å²) in [6.07, 6.45) is 1.95. The normalized spacial score (nSPS) is 15.8. The molecule has 1 N–H and O–H groups in total. The molecule has 0 bridgehead atoms. The molecule has 0 saturated carbocycles. The van der Waals surface area contributed by atoms with Gasteiger partial charge in [0.15, 0.2) is 11.5 Å². The Kier molecular flexibility index (Phi) is 8.17. The third kappa shape index (κ3) is 5.62. The fourth-order valence-corrected chi connectivity index (χ4v) is 4.59. The van der Waals surface area contributed by atoms with Crippen LogP contribution < -0.4 is 9.47 Å². The number of benzene rings is 2. The van der Waals surface area contributed by atoms with Gasteiger partial charge in [-0.25, -0.2) is 4.79 Å². The third-order valence-electron chi connectivity index (χ3n) is 4.68. The highest BCUT2D eigenvalue weighted by molar-refractivity contribution is 8.26. The van der Waals surface area contributed by atoms with Crippen LogP contribution in [0.2, 0.25) is 5.02 Å². The molecule has 2 aromatic carbocycles. The molecule has 0 aromatic heterocycles. The second-order valence-corrected chi connectivity index (χ2v) is 8.98. The molecule has 9 heteroatoms. The van der Waals surface area contributed by atoms with E-state index in [-0.39, 0.29) is 10.7 Å². The van der Waals surface area contributed by atoms with E-state index in [0.29, 0.717) is 34.6 Å². The zero-order valence-electron chi connectivity index (χ0n) is 17.5. The lowest BCUT2D eigenvalue weighted by molar-refractivity contribution is -0.145. The van der Waals surface area contributed by atoms with Crippen LogP contribution in [0.15, 0.2) is 47.4 Å². The first-order valence-electron chi connectivity index (χ1n) is 9.98. The maximum Gasteiger partial charge on any atom is 0.326 e. The van der Waals surface area contributed by atoms with Crippen molar-refractivity contribution in [1.29, 1.82) is 0 Å². The van der Waals surface area contributed by atoms with E-state index in [1.165, 1.54) is 4.90 Å². The minimum atomic E-state index is -1.08. The van der Waals surface area contributed by atoms with Crippen LogP contribution in [0.1, 0.15) is 31.4 Å². The Labute approximate surface area is 201 Å². The Morgan fingerprint density at radius 1 is 1.19 bits per heavy atom. The fourth-order valence-electron chi connectivity index (χ4n) is 3.11. The van der Waals surface area contributed by atoms with Crippen molar-refractivity contribution in [3.8, 4) is 11.5 Å². The average Bonchev–Trinajstić information content (AvgIpc) is 3.03. The summed E-state index contributed by atoms with van der Waals surface area (Å²) in [4.78, 5) is 25.8. The first-order valence-corrected chi connectivity index (χ1v) is 11.6. The quantitative estimate of drug-likeness (QED) is 0.372. The van der Waals surface area contributed by atoms with Crippen molar-refractivity contribution >= 4 is 57.9 Å².